The van der Waals surface area contributed by atoms with Crippen LogP contribution in [0.2, 0.25) is 0 Å². The lowest BCUT2D eigenvalue weighted by molar-refractivity contribution is -0.0364. The lowest BCUT2D eigenvalue weighted by Gasteiger charge is -2.36. The van der Waals surface area contributed by atoms with E-state index in [1.165, 1.54) is 12.1 Å². The summed E-state index contributed by atoms with van der Waals surface area (Å²) < 4.78 is 31.6. The van der Waals surface area contributed by atoms with Gasteiger partial charge >= 0.3 is 0 Å². The molecule has 2 N–H and O–H groups in total. The number of hydrogen-bond donors (Lipinski definition) is 1. The SMILES string of the molecule is CC(c1ccc(F)c(F)c1)N1CCOC(CN)C1. The van der Waals surface area contributed by atoms with E-state index in [-0.39, 0.29) is 12.1 Å². The highest BCUT2D eigenvalue weighted by Gasteiger charge is 2.24. The van der Waals surface area contributed by atoms with Gasteiger partial charge < -0.3 is 10.5 Å². The van der Waals surface area contributed by atoms with Gasteiger partial charge in [-0.25, -0.2) is 8.78 Å². The minimum absolute atomic E-state index is 0.0199. The van der Waals surface area contributed by atoms with Crippen molar-refractivity contribution in [3.63, 3.8) is 0 Å². The molecule has 1 aliphatic heterocycles. The number of nitrogens with two attached hydrogens (primary N) is 1. The molecular weight excluding hydrogens is 238 g/mol. The fourth-order valence-electron chi connectivity index (χ4n) is 2.22. The third-order valence-electron chi connectivity index (χ3n) is 3.41. The number of halogens is 2. The maximum atomic E-state index is 13.2. The molecule has 2 unspecified atom stereocenters. The Labute approximate surface area is 106 Å². The number of ether oxygens (including phenoxy) is 1. The van der Waals surface area contributed by atoms with Crippen LogP contribution in [0.4, 0.5) is 8.78 Å². The van der Waals surface area contributed by atoms with Gasteiger partial charge in [0.1, 0.15) is 0 Å². The van der Waals surface area contributed by atoms with E-state index in [9.17, 15) is 8.78 Å². The second-order valence-electron chi connectivity index (χ2n) is 4.57. The van der Waals surface area contributed by atoms with Gasteiger partial charge in [0.25, 0.3) is 0 Å². The second kappa shape index (κ2) is 5.73. The minimum atomic E-state index is -0.812. The first kappa shape index (κ1) is 13.4. The van der Waals surface area contributed by atoms with Crippen LogP contribution in [0.3, 0.4) is 0 Å². The predicted molar refractivity (Wildman–Crippen MR) is 65.1 cm³/mol. The van der Waals surface area contributed by atoms with Crippen LogP contribution in [0.5, 0.6) is 0 Å². The minimum Gasteiger partial charge on any atom is -0.374 e. The molecule has 0 radical (unpaired) electrons. The molecule has 0 aliphatic carbocycles. The Morgan fingerprint density at radius 3 is 2.89 bits per heavy atom. The first-order chi connectivity index (χ1) is 8.61. The van der Waals surface area contributed by atoms with Crippen LogP contribution in [0.25, 0.3) is 0 Å². The van der Waals surface area contributed by atoms with Gasteiger partial charge in [-0.15, -0.1) is 0 Å². The summed E-state index contributed by atoms with van der Waals surface area (Å²) in [6, 6.07) is 4.07. The Morgan fingerprint density at radius 2 is 2.22 bits per heavy atom. The molecular formula is C13H18F2N2O. The van der Waals surface area contributed by atoms with E-state index in [0.29, 0.717) is 13.2 Å². The molecule has 2 rings (SSSR count). The average Bonchev–Trinajstić information content (AvgIpc) is 2.41. The average molecular weight is 256 g/mol. The van der Waals surface area contributed by atoms with Gasteiger partial charge in [-0.05, 0) is 24.6 Å². The summed E-state index contributed by atoms with van der Waals surface area (Å²) in [6.45, 7) is 4.57. The van der Waals surface area contributed by atoms with Gasteiger partial charge in [-0.2, -0.15) is 0 Å². The van der Waals surface area contributed by atoms with Gasteiger partial charge in [0.05, 0.1) is 12.7 Å². The number of morpholine rings is 1. The van der Waals surface area contributed by atoms with Crippen molar-refractivity contribution in [1.29, 1.82) is 0 Å². The van der Waals surface area contributed by atoms with E-state index in [4.69, 9.17) is 10.5 Å². The molecule has 1 aromatic rings. The summed E-state index contributed by atoms with van der Waals surface area (Å²) in [6.07, 6.45) is 0.0199. The van der Waals surface area contributed by atoms with E-state index >= 15 is 0 Å². The highest BCUT2D eigenvalue weighted by atomic mass is 19.2. The smallest absolute Gasteiger partial charge is 0.159 e. The van der Waals surface area contributed by atoms with Crippen LogP contribution in [-0.4, -0.2) is 37.2 Å². The van der Waals surface area contributed by atoms with Gasteiger partial charge in [-0.1, -0.05) is 6.07 Å². The topological polar surface area (TPSA) is 38.5 Å². The quantitative estimate of drug-likeness (QED) is 0.894. The van der Waals surface area contributed by atoms with Gasteiger partial charge in [0, 0.05) is 25.7 Å². The van der Waals surface area contributed by atoms with Gasteiger partial charge in [0.2, 0.25) is 0 Å². The van der Waals surface area contributed by atoms with Crippen molar-refractivity contribution in [2.45, 2.75) is 19.1 Å². The van der Waals surface area contributed by atoms with Crippen molar-refractivity contribution in [3.8, 4) is 0 Å². The first-order valence-corrected chi connectivity index (χ1v) is 6.12. The molecule has 2 atom stereocenters. The zero-order valence-corrected chi connectivity index (χ0v) is 10.4. The van der Waals surface area contributed by atoms with Crippen LogP contribution in [0, 0.1) is 11.6 Å². The molecule has 1 aromatic carbocycles. The molecule has 1 saturated heterocycles. The maximum Gasteiger partial charge on any atom is 0.159 e. The van der Waals surface area contributed by atoms with Crippen molar-refractivity contribution in [1.82, 2.24) is 4.90 Å². The van der Waals surface area contributed by atoms with Gasteiger partial charge in [-0.3, -0.25) is 4.90 Å². The number of nitrogens with zero attached hydrogens (tertiary/aromatic N) is 1. The Hall–Kier alpha value is -1.04. The summed E-state index contributed by atoms with van der Waals surface area (Å²) in [4.78, 5) is 2.17. The van der Waals surface area contributed by atoms with E-state index < -0.39 is 11.6 Å². The highest BCUT2D eigenvalue weighted by Crippen LogP contribution is 2.23. The maximum absolute atomic E-state index is 13.2. The highest BCUT2D eigenvalue weighted by molar-refractivity contribution is 5.21. The number of hydrogen-bond acceptors (Lipinski definition) is 3. The summed E-state index contributed by atoms with van der Waals surface area (Å²) in [5, 5.41) is 0. The third kappa shape index (κ3) is 2.85. The van der Waals surface area contributed by atoms with Crippen molar-refractivity contribution < 1.29 is 13.5 Å². The summed E-state index contributed by atoms with van der Waals surface area (Å²) in [5.74, 6) is -1.62. The molecule has 3 nitrogen and oxygen atoms in total. The monoisotopic (exact) mass is 256 g/mol. The van der Waals surface area contributed by atoms with E-state index in [1.807, 2.05) is 6.92 Å². The summed E-state index contributed by atoms with van der Waals surface area (Å²) >= 11 is 0. The second-order valence-corrected chi connectivity index (χ2v) is 4.57. The van der Waals surface area contributed by atoms with E-state index in [1.54, 1.807) is 6.07 Å². The molecule has 100 valence electrons. The van der Waals surface area contributed by atoms with Crippen LogP contribution in [0.15, 0.2) is 18.2 Å². The van der Waals surface area contributed by atoms with Crippen LogP contribution < -0.4 is 5.73 Å². The third-order valence-corrected chi connectivity index (χ3v) is 3.41. The summed E-state index contributed by atoms with van der Waals surface area (Å²) in [7, 11) is 0. The lowest BCUT2D eigenvalue weighted by atomic mass is 10.1. The lowest BCUT2D eigenvalue weighted by Crippen LogP contribution is -2.46. The molecule has 1 fully saturated rings. The molecule has 0 aromatic heterocycles. The van der Waals surface area contributed by atoms with Crippen molar-refractivity contribution in [2.24, 2.45) is 5.73 Å². The normalized spacial score (nSPS) is 23.0. The molecule has 0 bridgehead atoms. The largest absolute Gasteiger partial charge is 0.374 e. The Bertz CT molecular complexity index is 414. The molecule has 0 amide bonds. The standard InChI is InChI=1S/C13H18F2N2O/c1-9(10-2-3-12(14)13(15)6-10)17-4-5-18-11(7-16)8-17/h2-3,6,9,11H,4-5,7-8,16H2,1H3. The molecule has 18 heavy (non-hydrogen) atoms. The molecule has 5 heteroatoms. The van der Waals surface area contributed by atoms with Crippen LogP contribution in [0.1, 0.15) is 18.5 Å². The summed E-state index contributed by atoms with van der Waals surface area (Å²) in [5.41, 5.74) is 6.36. The predicted octanol–water partition coefficient (Wildman–Crippen LogP) is 1.69. The van der Waals surface area contributed by atoms with Gasteiger partial charge in [0.15, 0.2) is 11.6 Å². The van der Waals surface area contributed by atoms with E-state index in [0.717, 1.165) is 18.7 Å². The molecule has 0 saturated carbocycles. The van der Waals surface area contributed by atoms with Crippen molar-refractivity contribution in [3.05, 3.63) is 35.4 Å². The van der Waals surface area contributed by atoms with E-state index in [2.05, 4.69) is 4.90 Å². The zero-order valence-electron chi connectivity index (χ0n) is 10.4. The zero-order chi connectivity index (χ0) is 13.1. The number of benzene rings is 1. The fourth-order valence-corrected chi connectivity index (χ4v) is 2.22. The Balaban J connectivity index is 2.10. The van der Waals surface area contributed by atoms with Crippen molar-refractivity contribution >= 4 is 0 Å². The molecule has 1 aliphatic rings. The fraction of sp³-hybridized carbons (Fsp3) is 0.538. The van der Waals surface area contributed by atoms with Crippen LogP contribution >= 0.6 is 0 Å². The van der Waals surface area contributed by atoms with Crippen molar-refractivity contribution in [2.75, 3.05) is 26.2 Å². The molecule has 1 heterocycles. The number of rotatable bonds is 3. The first-order valence-electron chi connectivity index (χ1n) is 6.12. The Morgan fingerprint density at radius 1 is 1.44 bits per heavy atom. The van der Waals surface area contributed by atoms with Crippen LogP contribution in [-0.2, 0) is 4.74 Å². The molecule has 0 spiro atoms. The Kier molecular flexibility index (Phi) is 4.27.